The zero-order chi connectivity index (χ0) is 16.8. The zero-order valence-electron chi connectivity index (χ0n) is 13.8. The maximum atomic E-state index is 6.51. The molecule has 1 N–H and O–H groups in total. The highest BCUT2D eigenvalue weighted by molar-refractivity contribution is 7.99. The van der Waals surface area contributed by atoms with Crippen molar-refractivity contribution < 1.29 is 0 Å². The Morgan fingerprint density at radius 2 is 2.04 bits per heavy atom. The third-order valence-corrected chi connectivity index (χ3v) is 5.81. The molecule has 124 valence electrons. The second-order valence-corrected chi connectivity index (χ2v) is 8.88. The number of rotatable bonds is 1. The molecule has 23 heavy (non-hydrogen) atoms. The number of hydrogen-bond donors (Lipinski definition) is 1. The molecular formula is C17H21Cl2N3S. The highest BCUT2D eigenvalue weighted by Crippen LogP contribution is 2.47. The molecule has 0 spiro atoms. The van der Waals surface area contributed by atoms with Gasteiger partial charge in [-0.2, -0.15) is 5.10 Å². The summed E-state index contributed by atoms with van der Waals surface area (Å²) < 4.78 is 1.96. The predicted octanol–water partition coefficient (Wildman–Crippen LogP) is 5.27. The van der Waals surface area contributed by atoms with E-state index in [4.69, 9.17) is 28.3 Å². The molecule has 0 bridgehead atoms. The summed E-state index contributed by atoms with van der Waals surface area (Å²) in [5.74, 6) is 2.11. The first-order valence-electron chi connectivity index (χ1n) is 7.67. The largest absolute Gasteiger partial charge is 0.369 e. The number of anilines is 1. The van der Waals surface area contributed by atoms with Crippen LogP contribution in [0.15, 0.2) is 18.2 Å². The molecule has 0 aliphatic carbocycles. The topological polar surface area (TPSA) is 29.9 Å². The first-order valence-corrected chi connectivity index (χ1v) is 9.47. The maximum Gasteiger partial charge on any atom is 0.128 e. The average molecular weight is 370 g/mol. The van der Waals surface area contributed by atoms with E-state index in [1.165, 1.54) is 5.56 Å². The van der Waals surface area contributed by atoms with Crippen LogP contribution >= 0.6 is 35.0 Å². The summed E-state index contributed by atoms with van der Waals surface area (Å²) >= 11 is 14.5. The molecule has 1 aromatic heterocycles. The Morgan fingerprint density at radius 1 is 1.30 bits per heavy atom. The molecule has 1 unspecified atom stereocenters. The molecule has 6 heteroatoms. The second kappa shape index (κ2) is 6.23. The molecule has 1 aromatic carbocycles. The molecule has 2 heterocycles. The third kappa shape index (κ3) is 3.21. The lowest BCUT2D eigenvalue weighted by molar-refractivity contribution is 0.549. The molecule has 0 amide bonds. The quantitative estimate of drug-likeness (QED) is 0.741. The van der Waals surface area contributed by atoms with E-state index in [-0.39, 0.29) is 10.7 Å². The van der Waals surface area contributed by atoms with Gasteiger partial charge in [-0.1, -0.05) is 50.0 Å². The number of hydrogen-bond acceptors (Lipinski definition) is 3. The van der Waals surface area contributed by atoms with Crippen LogP contribution in [0.2, 0.25) is 10.0 Å². The number of aromatic nitrogens is 2. The number of nitrogens with one attached hydrogen (secondary N) is 1. The van der Waals surface area contributed by atoms with E-state index in [1.54, 1.807) is 0 Å². The van der Waals surface area contributed by atoms with Crippen LogP contribution in [0.4, 0.5) is 5.82 Å². The van der Waals surface area contributed by atoms with Gasteiger partial charge in [-0.15, -0.1) is 11.8 Å². The van der Waals surface area contributed by atoms with E-state index in [1.807, 2.05) is 41.7 Å². The first-order chi connectivity index (χ1) is 10.8. The van der Waals surface area contributed by atoms with Gasteiger partial charge in [0.05, 0.1) is 10.9 Å². The van der Waals surface area contributed by atoms with Crippen molar-refractivity contribution in [1.29, 1.82) is 0 Å². The first kappa shape index (κ1) is 17.0. The van der Waals surface area contributed by atoms with Gasteiger partial charge >= 0.3 is 0 Å². The van der Waals surface area contributed by atoms with Gasteiger partial charge in [0.2, 0.25) is 0 Å². The van der Waals surface area contributed by atoms with Crippen LogP contribution in [0, 0.1) is 0 Å². The Labute approximate surface area is 151 Å². The van der Waals surface area contributed by atoms with Crippen molar-refractivity contribution in [2.75, 3.05) is 17.6 Å². The van der Waals surface area contributed by atoms with Gasteiger partial charge < -0.3 is 5.32 Å². The summed E-state index contributed by atoms with van der Waals surface area (Å²) in [7, 11) is 2.00. The van der Waals surface area contributed by atoms with Gasteiger partial charge in [0, 0.05) is 40.4 Å². The van der Waals surface area contributed by atoms with Crippen molar-refractivity contribution in [3.63, 3.8) is 0 Å². The fourth-order valence-corrected chi connectivity index (χ4v) is 4.75. The van der Waals surface area contributed by atoms with E-state index in [0.29, 0.717) is 10.0 Å². The highest BCUT2D eigenvalue weighted by Gasteiger charge is 2.33. The van der Waals surface area contributed by atoms with E-state index < -0.39 is 0 Å². The minimum Gasteiger partial charge on any atom is -0.369 e. The van der Waals surface area contributed by atoms with Gasteiger partial charge in [0.15, 0.2) is 0 Å². The molecule has 0 radical (unpaired) electrons. The van der Waals surface area contributed by atoms with Crippen molar-refractivity contribution in [1.82, 2.24) is 9.78 Å². The van der Waals surface area contributed by atoms with Crippen LogP contribution in [0.3, 0.4) is 0 Å². The average Bonchev–Trinajstić information content (AvgIpc) is 2.65. The monoisotopic (exact) mass is 369 g/mol. The van der Waals surface area contributed by atoms with E-state index in [2.05, 4.69) is 26.1 Å². The van der Waals surface area contributed by atoms with Crippen LogP contribution in [0.25, 0.3) is 0 Å². The number of fused-ring (bicyclic) bond motifs is 1. The van der Waals surface area contributed by atoms with Crippen LogP contribution in [0.1, 0.15) is 42.8 Å². The summed E-state index contributed by atoms with van der Waals surface area (Å²) in [6.45, 7) is 7.52. The molecule has 0 saturated heterocycles. The van der Waals surface area contributed by atoms with E-state index in [0.717, 1.165) is 29.4 Å². The lowest BCUT2D eigenvalue weighted by Gasteiger charge is -2.23. The Hall–Kier alpha value is -0.840. The Bertz CT molecular complexity index is 734. The van der Waals surface area contributed by atoms with Gasteiger partial charge in [-0.25, -0.2) is 0 Å². The molecule has 3 nitrogen and oxygen atoms in total. The Balaban J connectivity index is 2.21. The molecule has 1 aliphatic rings. The standard InChI is InChI=1S/C17H21Cl2N3S/c1-17(2,3)15-13-14(11-6-5-10(18)9-12(11)19)23-8-7-20-16(13)22(4)21-15/h5-6,9,14,20H,7-8H2,1-4H3. The molecule has 1 atom stereocenters. The predicted molar refractivity (Wildman–Crippen MR) is 101 cm³/mol. The van der Waals surface area contributed by atoms with Crippen LogP contribution in [-0.2, 0) is 12.5 Å². The van der Waals surface area contributed by atoms with Crippen molar-refractivity contribution >= 4 is 40.8 Å². The van der Waals surface area contributed by atoms with Crippen molar-refractivity contribution in [3.05, 3.63) is 45.1 Å². The van der Waals surface area contributed by atoms with E-state index >= 15 is 0 Å². The van der Waals surface area contributed by atoms with Crippen LogP contribution < -0.4 is 5.32 Å². The SMILES string of the molecule is Cn1nc(C(C)(C)C)c2c1NCCSC2c1ccc(Cl)cc1Cl. The minimum atomic E-state index is -0.0327. The van der Waals surface area contributed by atoms with Gasteiger partial charge in [0.1, 0.15) is 5.82 Å². The van der Waals surface area contributed by atoms with Crippen LogP contribution in [-0.4, -0.2) is 22.1 Å². The van der Waals surface area contributed by atoms with Crippen molar-refractivity contribution in [3.8, 4) is 0 Å². The maximum absolute atomic E-state index is 6.51. The number of thioether (sulfide) groups is 1. The number of aryl methyl sites for hydroxylation is 1. The van der Waals surface area contributed by atoms with Gasteiger partial charge in [-0.05, 0) is 17.7 Å². The number of halogens is 2. The van der Waals surface area contributed by atoms with Crippen LogP contribution in [0.5, 0.6) is 0 Å². The number of benzene rings is 1. The lowest BCUT2D eigenvalue weighted by Crippen LogP contribution is -2.16. The van der Waals surface area contributed by atoms with Crippen molar-refractivity contribution in [2.45, 2.75) is 31.4 Å². The normalized spacial score (nSPS) is 18.3. The molecule has 0 fully saturated rings. The zero-order valence-corrected chi connectivity index (χ0v) is 16.1. The molecule has 1 aliphatic heterocycles. The third-order valence-electron chi connectivity index (χ3n) is 3.98. The van der Waals surface area contributed by atoms with Crippen molar-refractivity contribution in [2.24, 2.45) is 7.05 Å². The molecular weight excluding hydrogens is 349 g/mol. The lowest BCUT2D eigenvalue weighted by atomic mass is 9.87. The molecule has 0 saturated carbocycles. The molecule has 3 rings (SSSR count). The smallest absolute Gasteiger partial charge is 0.128 e. The summed E-state index contributed by atoms with van der Waals surface area (Å²) in [4.78, 5) is 0. The fraction of sp³-hybridized carbons (Fsp3) is 0.471. The summed E-state index contributed by atoms with van der Waals surface area (Å²) in [6.07, 6.45) is 0. The fourth-order valence-electron chi connectivity index (χ4n) is 2.94. The number of nitrogens with zero attached hydrogens (tertiary/aromatic N) is 2. The van der Waals surface area contributed by atoms with Gasteiger partial charge in [-0.3, -0.25) is 4.68 Å². The van der Waals surface area contributed by atoms with Gasteiger partial charge in [0.25, 0.3) is 0 Å². The summed E-state index contributed by atoms with van der Waals surface area (Å²) in [5, 5.41) is 9.87. The minimum absolute atomic E-state index is 0.0327. The highest BCUT2D eigenvalue weighted by atomic mass is 35.5. The summed E-state index contributed by atoms with van der Waals surface area (Å²) in [5.41, 5.74) is 3.43. The Morgan fingerprint density at radius 3 is 2.70 bits per heavy atom. The Kier molecular flexibility index (Phi) is 4.60. The second-order valence-electron chi connectivity index (χ2n) is 6.83. The summed E-state index contributed by atoms with van der Waals surface area (Å²) in [6, 6.07) is 5.77. The molecule has 2 aromatic rings. The van der Waals surface area contributed by atoms with E-state index in [9.17, 15) is 0 Å².